The lowest BCUT2D eigenvalue weighted by Crippen LogP contribution is -2.48. The number of benzene rings is 2. The third-order valence-corrected chi connectivity index (χ3v) is 7.97. The number of hydrogen-bond donors (Lipinski definition) is 1. The second kappa shape index (κ2) is 10.00. The minimum absolute atomic E-state index is 0.0694. The Morgan fingerprint density at radius 3 is 2.46 bits per heavy atom. The van der Waals surface area contributed by atoms with E-state index in [2.05, 4.69) is 65.7 Å². The number of anilines is 2. The van der Waals surface area contributed by atoms with Gasteiger partial charge in [0.2, 0.25) is 5.91 Å². The highest BCUT2D eigenvalue weighted by molar-refractivity contribution is 5.83. The topological polar surface area (TPSA) is 78.7 Å². The van der Waals surface area contributed by atoms with Gasteiger partial charge in [-0.05, 0) is 42.2 Å². The van der Waals surface area contributed by atoms with Gasteiger partial charge in [0, 0.05) is 51.1 Å². The van der Waals surface area contributed by atoms with Gasteiger partial charge in [0.25, 0.3) is 5.78 Å². The summed E-state index contributed by atoms with van der Waals surface area (Å²) in [7, 11) is 0. The lowest BCUT2D eigenvalue weighted by molar-refractivity contribution is -0.129. The van der Waals surface area contributed by atoms with Crippen molar-refractivity contribution < 1.29 is 4.79 Å². The monoisotopic (exact) mass is 497 g/mol. The second-order valence-corrected chi connectivity index (χ2v) is 10.5. The lowest BCUT2D eigenvalue weighted by atomic mass is 9.89. The van der Waals surface area contributed by atoms with E-state index in [1.165, 1.54) is 35.6 Å². The third kappa shape index (κ3) is 4.84. The van der Waals surface area contributed by atoms with Gasteiger partial charge in [0.1, 0.15) is 11.6 Å². The number of rotatable bonds is 5. The molecule has 37 heavy (non-hydrogen) atoms. The Labute approximate surface area is 217 Å². The van der Waals surface area contributed by atoms with Gasteiger partial charge in [0.05, 0.1) is 0 Å². The molecule has 1 amide bonds. The van der Waals surface area contributed by atoms with E-state index in [0.29, 0.717) is 24.8 Å². The first-order chi connectivity index (χ1) is 18.0. The van der Waals surface area contributed by atoms with Crippen molar-refractivity contribution >= 4 is 34.1 Å². The van der Waals surface area contributed by atoms with E-state index in [-0.39, 0.29) is 11.9 Å². The summed E-state index contributed by atoms with van der Waals surface area (Å²) in [6.07, 6.45) is 6.07. The van der Waals surface area contributed by atoms with Crippen LogP contribution < -0.4 is 10.2 Å². The number of aromatic nitrogens is 4. The zero-order valence-electron chi connectivity index (χ0n) is 21.7. The summed E-state index contributed by atoms with van der Waals surface area (Å²) in [4.78, 5) is 25.8. The summed E-state index contributed by atoms with van der Waals surface area (Å²) in [5.74, 6) is 3.86. The highest BCUT2D eigenvalue weighted by Crippen LogP contribution is 2.32. The van der Waals surface area contributed by atoms with E-state index in [0.717, 1.165) is 43.4 Å². The summed E-state index contributed by atoms with van der Waals surface area (Å²) in [5, 5.41) is 11.2. The summed E-state index contributed by atoms with van der Waals surface area (Å²) in [6.45, 7) is 6.74. The summed E-state index contributed by atoms with van der Waals surface area (Å²) >= 11 is 0. The maximum Gasteiger partial charge on any atom is 0.256 e. The van der Waals surface area contributed by atoms with Crippen molar-refractivity contribution in [2.75, 3.05) is 36.4 Å². The number of carbonyl (C=O) groups is 1. The number of piperazine rings is 1. The van der Waals surface area contributed by atoms with Crippen molar-refractivity contribution in [1.82, 2.24) is 24.5 Å². The van der Waals surface area contributed by atoms with E-state index < -0.39 is 0 Å². The molecule has 1 aliphatic carbocycles. The molecule has 0 bridgehead atoms. The quantitative estimate of drug-likeness (QED) is 0.410. The van der Waals surface area contributed by atoms with Gasteiger partial charge >= 0.3 is 0 Å². The zero-order valence-corrected chi connectivity index (χ0v) is 21.7. The molecule has 3 heterocycles. The number of carbonyl (C=O) groups excluding carboxylic acids is 1. The minimum Gasteiger partial charge on any atom is -0.363 e. The normalized spacial score (nSPS) is 17.9. The van der Waals surface area contributed by atoms with Crippen LogP contribution in [0.25, 0.3) is 16.6 Å². The first-order valence-corrected chi connectivity index (χ1v) is 13.6. The molecule has 2 fully saturated rings. The first-order valence-electron chi connectivity index (χ1n) is 13.6. The van der Waals surface area contributed by atoms with Crippen LogP contribution in [0.1, 0.15) is 69.3 Å². The number of fused-ring (bicyclic) bond motifs is 2. The molecule has 0 spiro atoms. The number of amides is 1. The molecule has 2 aromatic carbocycles. The smallest absolute Gasteiger partial charge is 0.256 e. The molecule has 192 valence electrons. The van der Waals surface area contributed by atoms with Crippen LogP contribution in [-0.2, 0) is 4.79 Å². The molecule has 1 saturated carbocycles. The fourth-order valence-corrected chi connectivity index (χ4v) is 5.70. The van der Waals surface area contributed by atoms with Crippen LogP contribution in [0.15, 0.2) is 48.5 Å². The van der Waals surface area contributed by atoms with E-state index in [9.17, 15) is 4.79 Å². The molecule has 8 nitrogen and oxygen atoms in total. The maximum absolute atomic E-state index is 11.8. The molecule has 6 rings (SSSR count). The largest absolute Gasteiger partial charge is 0.363 e. The molecule has 8 heteroatoms. The second-order valence-electron chi connectivity index (χ2n) is 10.5. The molecule has 0 unspecified atom stereocenters. The Bertz CT molecular complexity index is 1420. The van der Waals surface area contributed by atoms with Crippen molar-refractivity contribution in [2.45, 2.75) is 57.9 Å². The predicted octanol–water partition coefficient (Wildman–Crippen LogP) is 5.17. The zero-order chi connectivity index (χ0) is 25.4. The SMILES string of the molecule is CC(=O)N1CCN(c2cc(N[C@H](C)c3ccc4ccccc4c3)n3nc(C4CCCCC4)nc3n2)CC1. The highest BCUT2D eigenvalue weighted by Gasteiger charge is 2.25. The highest BCUT2D eigenvalue weighted by atomic mass is 16.2. The maximum atomic E-state index is 11.8. The van der Waals surface area contributed by atoms with E-state index in [1.807, 2.05) is 9.42 Å². The Kier molecular flexibility index (Phi) is 6.40. The lowest BCUT2D eigenvalue weighted by Gasteiger charge is -2.35. The van der Waals surface area contributed by atoms with Crippen molar-refractivity contribution in [3.63, 3.8) is 0 Å². The molecular formula is C29H35N7O. The van der Waals surface area contributed by atoms with Gasteiger partial charge in [0.15, 0.2) is 5.82 Å². The Morgan fingerprint density at radius 2 is 1.70 bits per heavy atom. The van der Waals surface area contributed by atoms with E-state index >= 15 is 0 Å². The van der Waals surface area contributed by atoms with Crippen molar-refractivity contribution in [3.05, 3.63) is 59.9 Å². The Balaban J connectivity index is 1.34. The molecule has 1 N–H and O–H groups in total. The van der Waals surface area contributed by atoms with Crippen LogP contribution in [0.2, 0.25) is 0 Å². The van der Waals surface area contributed by atoms with Gasteiger partial charge in [-0.3, -0.25) is 4.79 Å². The van der Waals surface area contributed by atoms with Crippen molar-refractivity contribution in [3.8, 4) is 0 Å². The van der Waals surface area contributed by atoms with Gasteiger partial charge in [-0.25, -0.2) is 0 Å². The summed E-state index contributed by atoms with van der Waals surface area (Å²) in [6, 6.07) is 17.2. The van der Waals surface area contributed by atoms with Crippen molar-refractivity contribution in [1.29, 1.82) is 0 Å². The molecule has 1 saturated heterocycles. The number of hydrogen-bond acceptors (Lipinski definition) is 6. The Hall–Kier alpha value is -3.68. The standard InChI is InChI=1S/C29H35N7O/c1-20(24-13-12-22-8-6-7-11-25(22)18-24)30-27-19-26(35-16-14-34(15-17-35)21(2)37)31-29-32-28(33-36(27)29)23-9-4-3-5-10-23/h6-8,11-13,18-20,23,30H,3-5,9-10,14-17H2,1-2H3/t20-/m1/s1. The van der Waals surface area contributed by atoms with E-state index in [4.69, 9.17) is 15.1 Å². The van der Waals surface area contributed by atoms with Crippen LogP contribution in [0.5, 0.6) is 0 Å². The molecule has 0 radical (unpaired) electrons. The van der Waals surface area contributed by atoms with Crippen LogP contribution >= 0.6 is 0 Å². The van der Waals surface area contributed by atoms with Crippen LogP contribution in [0, 0.1) is 0 Å². The molecule has 2 aromatic heterocycles. The fourth-order valence-electron chi connectivity index (χ4n) is 5.70. The molecule has 2 aliphatic rings. The summed E-state index contributed by atoms with van der Waals surface area (Å²) in [5.41, 5.74) is 1.22. The van der Waals surface area contributed by atoms with Gasteiger partial charge in [-0.15, -0.1) is 5.10 Å². The van der Waals surface area contributed by atoms with Gasteiger partial charge in [-0.2, -0.15) is 14.5 Å². The van der Waals surface area contributed by atoms with Crippen LogP contribution in [0.3, 0.4) is 0 Å². The average molecular weight is 498 g/mol. The number of nitrogens with zero attached hydrogens (tertiary/aromatic N) is 6. The molecule has 4 aromatic rings. The van der Waals surface area contributed by atoms with Crippen LogP contribution in [0.4, 0.5) is 11.6 Å². The molecular weight excluding hydrogens is 462 g/mol. The minimum atomic E-state index is 0.0694. The molecule has 1 atom stereocenters. The van der Waals surface area contributed by atoms with Crippen LogP contribution in [-0.4, -0.2) is 56.6 Å². The fraction of sp³-hybridized carbons (Fsp3) is 0.448. The Morgan fingerprint density at radius 1 is 0.946 bits per heavy atom. The average Bonchev–Trinajstić information content (AvgIpc) is 3.38. The third-order valence-electron chi connectivity index (χ3n) is 7.97. The predicted molar refractivity (Wildman–Crippen MR) is 147 cm³/mol. The van der Waals surface area contributed by atoms with E-state index in [1.54, 1.807) is 6.92 Å². The first kappa shape index (κ1) is 23.7. The summed E-state index contributed by atoms with van der Waals surface area (Å²) < 4.78 is 1.89. The van der Waals surface area contributed by atoms with Gasteiger partial charge in [-0.1, -0.05) is 55.7 Å². The number of nitrogens with one attached hydrogen (secondary N) is 1. The van der Waals surface area contributed by atoms with Crippen molar-refractivity contribution in [2.24, 2.45) is 0 Å². The van der Waals surface area contributed by atoms with Gasteiger partial charge < -0.3 is 15.1 Å². The molecule has 1 aliphatic heterocycles.